The Morgan fingerprint density at radius 1 is 1.11 bits per heavy atom. The van der Waals surface area contributed by atoms with E-state index in [4.69, 9.17) is 9.47 Å². The van der Waals surface area contributed by atoms with Crippen molar-refractivity contribution in [2.45, 2.75) is 84.2 Å². The van der Waals surface area contributed by atoms with Gasteiger partial charge < -0.3 is 9.47 Å². The maximum Gasteiger partial charge on any atom is 0.306 e. The number of rotatable bonds is 2. The lowest BCUT2D eigenvalue weighted by molar-refractivity contribution is -0.167. The van der Waals surface area contributed by atoms with Crippen molar-refractivity contribution in [1.82, 2.24) is 0 Å². The van der Waals surface area contributed by atoms with Gasteiger partial charge in [0.05, 0.1) is 12.4 Å². The molecule has 0 N–H and O–H groups in total. The van der Waals surface area contributed by atoms with Gasteiger partial charge in [-0.15, -0.1) is 0 Å². The van der Waals surface area contributed by atoms with Crippen molar-refractivity contribution < 1.29 is 14.3 Å². The minimum Gasteiger partial charge on any atom is -0.498 e. The Balaban J connectivity index is 1.46. The third kappa shape index (κ3) is 2.29. The third-order valence-electron chi connectivity index (χ3n) is 9.39. The van der Waals surface area contributed by atoms with Crippen molar-refractivity contribution >= 4 is 5.97 Å². The first-order valence-corrected chi connectivity index (χ1v) is 11.2. The van der Waals surface area contributed by atoms with E-state index < -0.39 is 0 Å². The van der Waals surface area contributed by atoms with E-state index in [2.05, 4.69) is 32.9 Å². The van der Waals surface area contributed by atoms with E-state index in [0.29, 0.717) is 17.8 Å². The molecule has 0 unspecified atom stereocenters. The summed E-state index contributed by atoms with van der Waals surface area (Å²) in [7, 11) is 0. The first-order valence-electron chi connectivity index (χ1n) is 11.2. The molecule has 3 nitrogen and oxygen atoms in total. The molecule has 0 aromatic heterocycles. The van der Waals surface area contributed by atoms with Gasteiger partial charge in [0.15, 0.2) is 0 Å². The second-order valence-electron chi connectivity index (χ2n) is 10.2. The molecule has 0 amide bonds. The lowest BCUT2D eigenvalue weighted by Crippen LogP contribution is -2.54. The normalized spacial score (nSPS) is 48.3. The Bertz CT molecular complexity index is 721. The van der Waals surface area contributed by atoms with E-state index >= 15 is 0 Å². The molecule has 1 saturated heterocycles. The molecule has 1 heterocycles. The van der Waals surface area contributed by atoms with Gasteiger partial charge in [-0.2, -0.15) is 0 Å². The van der Waals surface area contributed by atoms with Crippen LogP contribution in [0.15, 0.2) is 23.5 Å². The Hall–Kier alpha value is -1.25. The molecule has 5 rings (SSSR count). The molecular weight excluding hydrogens is 336 g/mol. The highest BCUT2D eigenvalue weighted by atomic mass is 16.6. The number of fused-ring (bicyclic) bond motifs is 6. The van der Waals surface area contributed by atoms with E-state index in [9.17, 15) is 4.79 Å². The molecule has 0 bridgehead atoms. The van der Waals surface area contributed by atoms with Crippen LogP contribution in [0.5, 0.6) is 0 Å². The number of esters is 1. The average Bonchev–Trinajstić information content (AvgIpc) is 3.16. The molecule has 0 aromatic rings. The summed E-state index contributed by atoms with van der Waals surface area (Å²) in [5.41, 5.74) is 1.86. The van der Waals surface area contributed by atoms with Crippen LogP contribution in [0.3, 0.4) is 0 Å². The standard InChI is InChI=1S/C24H34O3/c1-4-26-17-7-11-22(2)16(15-17)5-6-18-19(22)8-12-23(3)20(18)9-13-24(23)14-10-21(25)27-24/h5,15,18-20H,4,6-14H2,1-3H3/t18-,19+,20+,22-,23+,24+/m1/s1. The van der Waals surface area contributed by atoms with Crippen molar-refractivity contribution in [3.8, 4) is 0 Å². The molecule has 3 heteroatoms. The van der Waals surface area contributed by atoms with Gasteiger partial charge in [0.2, 0.25) is 0 Å². The van der Waals surface area contributed by atoms with Crippen LogP contribution in [-0.2, 0) is 14.3 Å². The van der Waals surface area contributed by atoms with Gasteiger partial charge in [-0.05, 0) is 86.7 Å². The number of hydrogen-bond acceptors (Lipinski definition) is 3. The van der Waals surface area contributed by atoms with Gasteiger partial charge in [-0.3, -0.25) is 4.79 Å². The summed E-state index contributed by atoms with van der Waals surface area (Å²) in [5, 5.41) is 0. The zero-order valence-corrected chi connectivity index (χ0v) is 17.2. The zero-order chi connectivity index (χ0) is 18.9. The molecule has 1 aliphatic heterocycles. The molecular formula is C24H34O3. The Labute approximate surface area is 163 Å². The predicted molar refractivity (Wildman–Crippen MR) is 105 cm³/mol. The molecule has 3 fully saturated rings. The van der Waals surface area contributed by atoms with Crippen LogP contribution >= 0.6 is 0 Å². The maximum absolute atomic E-state index is 12.0. The van der Waals surface area contributed by atoms with Crippen molar-refractivity contribution in [2.24, 2.45) is 28.6 Å². The highest BCUT2D eigenvalue weighted by Crippen LogP contribution is 2.69. The molecule has 27 heavy (non-hydrogen) atoms. The summed E-state index contributed by atoms with van der Waals surface area (Å²) in [4.78, 5) is 12.0. The lowest BCUT2D eigenvalue weighted by atomic mass is 9.47. The van der Waals surface area contributed by atoms with E-state index in [1.165, 1.54) is 43.4 Å². The summed E-state index contributed by atoms with van der Waals surface area (Å²) >= 11 is 0. The van der Waals surface area contributed by atoms with Gasteiger partial charge in [-0.1, -0.05) is 19.9 Å². The molecule has 2 saturated carbocycles. The van der Waals surface area contributed by atoms with Crippen LogP contribution in [0, 0.1) is 28.6 Å². The summed E-state index contributed by atoms with van der Waals surface area (Å²) in [6.45, 7) is 7.81. The fraction of sp³-hybridized carbons (Fsp3) is 0.792. The van der Waals surface area contributed by atoms with Crippen LogP contribution in [0.25, 0.3) is 0 Å². The second kappa shape index (κ2) is 5.87. The van der Waals surface area contributed by atoms with Crippen molar-refractivity contribution in [3.05, 3.63) is 23.5 Å². The van der Waals surface area contributed by atoms with Crippen LogP contribution in [0.4, 0.5) is 0 Å². The van der Waals surface area contributed by atoms with Gasteiger partial charge >= 0.3 is 5.97 Å². The maximum atomic E-state index is 12.0. The number of carbonyl (C=O) groups excluding carboxylic acids is 1. The SMILES string of the molecule is CCOC1=CC2=CC[C@H]3[C@@H]4CC[C@]5(CCC(=O)O5)[C@@]4(C)CC[C@@H]3[C@]2(C)CC1. The molecule has 1 spiro atoms. The van der Waals surface area contributed by atoms with Crippen LogP contribution in [0.2, 0.25) is 0 Å². The van der Waals surface area contributed by atoms with E-state index in [1.807, 2.05) is 0 Å². The fourth-order valence-electron chi connectivity index (χ4n) is 7.89. The first-order chi connectivity index (χ1) is 12.9. The summed E-state index contributed by atoms with van der Waals surface area (Å²) in [6.07, 6.45) is 14.8. The largest absolute Gasteiger partial charge is 0.498 e. The smallest absolute Gasteiger partial charge is 0.306 e. The highest BCUT2D eigenvalue weighted by molar-refractivity contribution is 5.72. The minimum absolute atomic E-state index is 0.0395. The average molecular weight is 371 g/mol. The van der Waals surface area contributed by atoms with E-state index in [1.54, 1.807) is 0 Å². The molecule has 5 aliphatic rings. The fourth-order valence-corrected chi connectivity index (χ4v) is 7.89. The Kier molecular flexibility index (Phi) is 3.88. The van der Waals surface area contributed by atoms with Gasteiger partial charge in [0, 0.05) is 18.3 Å². The van der Waals surface area contributed by atoms with Crippen LogP contribution in [-0.4, -0.2) is 18.2 Å². The Morgan fingerprint density at radius 3 is 2.67 bits per heavy atom. The van der Waals surface area contributed by atoms with Gasteiger partial charge in [-0.25, -0.2) is 0 Å². The van der Waals surface area contributed by atoms with Crippen molar-refractivity contribution in [1.29, 1.82) is 0 Å². The summed E-state index contributed by atoms with van der Waals surface area (Å²) in [5.74, 6) is 3.44. The number of hydrogen-bond donors (Lipinski definition) is 0. The molecule has 4 aliphatic carbocycles. The summed E-state index contributed by atoms with van der Waals surface area (Å²) < 4.78 is 11.9. The van der Waals surface area contributed by atoms with Crippen molar-refractivity contribution in [2.75, 3.05) is 6.61 Å². The van der Waals surface area contributed by atoms with E-state index in [-0.39, 0.29) is 17.0 Å². The summed E-state index contributed by atoms with van der Waals surface area (Å²) in [6, 6.07) is 0. The third-order valence-corrected chi connectivity index (χ3v) is 9.39. The highest BCUT2D eigenvalue weighted by Gasteiger charge is 2.66. The Morgan fingerprint density at radius 2 is 1.93 bits per heavy atom. The minimum atomic E-state index is -0.154. The zero-order valence-electron chi connectivity index (χ0n) is 17.2. The van der Waals surface area contributed by atoms with E-state index in [0.717, 1.165) is 37.7 Å². The first kappa shape index (κ1) is 17.8. The van der Waals surface area contributed by atoms with Crippen LogP contribution in [0.1, 0.15) is 78.6 Å². The van der Waals surface area contributed by atoms with Crippen LogP contribution < -0.4 is 0 Å². The van der Waals surface area contributed by atoms with Crippen molar-refractivity contribution in [3.63, 3.8) is 0 Å². The lowest BCUT2D eigenvalue weighted by Gasteiger charge is -2.58. The molecule has 148 valence electrons. The topological polar surface area (TPSA) is 35.5 Å². The number of allylic oxidation sites excluding steroid dienone is 4. The molecule has 6 atom stereocenters. The van der Waals surface area contributed by atoms with Gasteiger partial charge in [0.1, 0.15) is 5.60 Å². The molecule has 0 radical (unpaired) electrons. The number of ether oxygens (including phenoxy) is 2. The monoisotopic (exact) mass is 370 g/mol. The predicted octanol–water partition coefficient (Wildman–Crippen LogP) is 5.56. The number of carbonyl (C=O) groups is 1. The van der Waals surface area contributed by atoms with Gasteiger partial charge in [0.25, 0.3) is 0 Å². The second-order valence-corrected chi connectivity index (χ2v) is 10.2. The quantitative estimate of drug-likeness (QED) is 0.597. The molecule has 0 aromatic carbocycles.